The van der Waals surface area contributed by atoms with Crippen LogP contribution < -0.4 is 5.73 Å². The van der Waals surface area contributed by atoms with E-state index in [1.807, 2.05) is 19.9 Å². The molecule has 0 aliphatic heterocycles. The van der Waals surface area contributed by atoms with Crippen LogP contribution in [0.15, 0.2) is 30.3 Å². The number of hydrogen-bond acceptors (Lipinski definition) is 3. The zero-order valence-electron chi connectivity index (χ0n) is 11.1. The fourth-order valence-corrected chi connectivity index (χ4v) is 1.88. The SMILES string of the molecule is Cc1ccc(-c2cc(C)nc(CC(C)N)n2)cc1. The first kappa shape index (κ1) is 12.7. The highest BCUT2D eigenvalue weighted by Crippen LogP contribution is 2.18. The summed E-state index contributed by atoms with van der Waals surface area (Å²) in [6, 6.07) is 10.5. The van der Waals surface area contributed by atoms with E-state index in [-0.39, 0.29) is 6.04 Å². The van der Waals surface area contributed by atoms with E-state index >= 15 is 0 Å². The van der Waals surface area contributed by atoms with Gasteiger partial charge >= 0.3 is 0 Å². The highest BCUT2D eigenvalue weighted by Gasteiger charge is 2.06. The number of rotatable bonds is 3. The van der Waals surface area contributed by atoms with Gasteiger partial charge in [0.25, 0.3) is 0 Å². The molecular formula is C15H19N3. The van der Waals surface area contributed by atoms with E-state index in [1.165, 1.54) is 5.56 Å². The molecule has 0 amide bonds. The van der Waals surface area contributed by atoms with Gasteiger partial charge in [0.05, 0.1) is 5.69 Å². The third-order valence-corrected chi connectivity index (χ3v) is 2.75. The third-order valence-electron chi connectivity index (χ3n) is 2.75. The van der Waals surface area contributed by atoms with Crippen LogP contribution in [0.25, 0.3) is 11.3 Å². The molecule has 0 aliphatic rings. The van der Waals surface area contributed by atoms with Gasteiger partial charge in [-0.25, -0.2) is 9.97 Å². The normalized spacial score (nSPS) is 12.4. The van der Waals surface area contributed by atoms with Crippen LogP contribution in [0.3, 0.4) is 0 Å². The molecular weight excluding hydrogens is 222 g/mol. The van der Waals surface area contributed by atoms with Gasteiger partial charge in [-0.05, 0) is 26.8 Å². The summed E-state index contributed by atoms with van der Waals surface area (Å²) in [5.41, 5.74) is 10.1. The summed E-state index contributed by atoms with van der Waals surface area (Å²) in [5.74, 6) is 0.820. The van der Waals surface area contributed by atoms with Crippen LogP contribution in [0.2, 0.25) is 0 Å². The Bertz CT molecular complexity index is 530. The largest absolute Gasteiger partial charge is 0.328 e. The van der Waals surface area contributed by atoms with Crippen LogP contribution in [-0.4, -0.2) is 16.0 Å². The van der Waals surface area contributed by atoms with Gasteiger partial charge in [-0.1, -0.05) is 29.8 Å². The first-order chi connectivity index (χ1) is 8.54. The van der Waals surface area contributed by atoms with Gasteiger partial charge in [0.1, 0.15) is 5.82 Å². The van der Waals surface area contributed by atoms with Gasteiger partial charge in [0.2, 0.25) is 0 Å². The lowest BCUT2D eigenvalue weighted by molar-refractivity contribution is 0.700. The van der Waals surface area contributed by atoms with E-state index in [0.717, 1.165) is 22.8 Å². The second-order valence-electron chi connectivity index (χ2n) is 4.86. The summed E-state index contributed by atoms with van der Waals surface area (Å²) in [7, 11) is 0. The zero-order chi connectivity index (χ0) is 13.1. The van der Waals surface area contributed by atoms with E-state index in [9.17, 15) is 0 Å². The molecule has 0 spiro atoms. The highest BCUT2D eigenvalue weighted by atomic mass is 14.9. The Balaban J connectivity index is 2.38. The van der Waals surface area contributed by atoms with E-state index in [2.05, 4.69) is 41.2 Å². The van der Waals surface area contributed by atoms with E-state index in [4.69, 9.17) is 5.73 Å². The molecule has 3 heteroatoms. The van der Waals surface area contributed by atoms with Crippen LogP contribution in [0.4, 0.5) is 0 Å². The smallest absolute Gasteiger partial charge is 0.130 e. The van der Waals surface area contributed by atoms with Crippen LogP contribution >= 0.6 is 0 Å². The molecule has 0 bridgehead atoms. The topological polar surface area (TPSA) is 51.8 Å². The molecule has 94 valence electrons. The summed E-state index contributed by atoms with van der Waals surface area (Å²) >= 11 is 0. The van der Waals surface area contributed by atoms with E-state index in [0.29, 0.717) is 6.42 Å². The second-order valence-corrected chi connectivity index (χ2v) is 4.86. The van der Waals surface area contributed by atoms with Crippen LogP contribution in [0.1, 0.15) is 24.0 Å². The number of benzene rings is 1. The number of hydrogen-bond donors (Lipinski definition) is 1. The maximum Gasteiger partial charge on any atom is 0.130 e. The van der Waals surface area contributed by atoms with Gasteiger partial charge in [-0.15, -0.1) is 0 Å². The Morgan fingerprint density at radius 3 is 2.39 bits per heavy atom. The number of nitrogens with two attached hydrogens (primary N) is 1. The molecule has 1 aromatic carbocycles. The fourth-order valence-electron chi connectivity index (χ4n) is 1.88. The first-order valence-electron chi connectivity index (χ1n) is 6.22. The quantitative estimate of drug-likeness (QED) is 0.898. The predicted octanol–water partition coefficient (Wildman–Crippen LogP) is 2.65. The molecule has 0 fully saturated rings. The Hall–Kier alpha value is -1.74. The summed E-state index contributed by atoms with van der Waals surface area (Å²) in [5, 5.41) is 0. The molecule has 1 atom stereocenters. The monoisotopic (exact) mass is 241 g/mol. The minimum Gasteiger partial charge on any atom is -0.328 e. The summed E-state index contributed by atoms with van der Waals surface area (Å²) in [4.78, 5) is 9.01. The van der Waals surface area contributed by atoms with Crippen molar-refractivity contribution in [2.24, 2.45) is 5.73 Å². The highest BCUT2D eigenvalue weighted by molar-refractivity contribution is 5.59. The predicted molar refractivity (Wildman–Crippen MR) is 74.3 cm³/mol. The Labute approximate surface area is 108 Å². The maximum absolute atomic E-state index is 5.80. The van der Waals surface area contributed by atoms with Gasteiger partial charge in [-0.2, -0.15) is 0 Å². The Kier molecular flexibility index (Phi) is 3.72. The summed E-state index contributed by atoms with van der Waals surface area (Å²) in [6.07, 6.45) is 0.709. The lowest BCUT2D eigenvalue weighted by atomic mass is 10.1. The molecule has 2 rings (SSSR count). The van der Waals surface area contributed by atoms with Crippen LogP contribution in [0, 0.1) is 13.8 Å². The van der Waals surface area contributed by atoms with Crippen molar-refractivity contribution in [2.75, 3.05) is 0 Å². The minimum atomic E-state index is 0.0812. The molecule has 0 radical (unpaired) electrons. The van der Waals surface area contributed by atoms with Crippen LogP contribution in [0.5, 0.6) is 0 Å². The molecule has 0 saturated carbocycles. The molecule has 0 saturated heterocycles. The van der Waals surface area contributed by atoms with Crippen molar-refractivity contribution in [3.63, 3.8) is 0 Å². The summed E-state index contributed by atoms with van der Waals surface area (Å²) < 4.78 is 0. The molecule has 3 nitrogen and oxygen atoms in total. The lowest BCUT2D eigenvalue weighted by Crippen LogP contribution is -2.19. The van der Waals surface area contributed by atoms with Crippen molar-refractivity contribution >= 4 is 0 Å². The second kappa shape index (κ2) is 5.27. The standard InChI is InChI=1S/C15H19N3/c1-10-4-6-13(7-5-10)14-9-12(3)17-15(18-14)8-11(2)16/h4-7,9,11H,8,16H2,1-3H3. The number of aromatic nitrogens is 2. The molecule has 1 unspecified atom stereocenters. The van der Waals surface area contributed by atoms with Crippen LogP contribution in [-0.2, 0) is 6.42 Å². The zero-order valence-corrected chi connectivity index (χ0v) is 11.1. The average Bonchev–Trinajstić information content (AvgIpc) is 2.28. The Morgan fingerprint density at radius 1 is 1.11 bits per heavy atom. The average molecular weight is 241 g/mol. The number of nitrogens with zero attached hydrogens (tertiary/aromatic N) is 2. The number of aryl methyl sites for hydroxylation is 2. The lowest BCUT2D eigenvalue weighted by Gasteiger charge is -2.08. The minimum absolute atomic E-state index is 0.0812. The molecule has 2 N–H and O–H groups in total. The fraction of sp³-hybridized carbons (Fsp3) is 0.333. The van der Waals surface area contributed by atoms with E-state index < -0.39 is 0 Å². The molecule has 1 aromatic heterocycles. The molecule has 0 aliphatic carbocycles. The molecule has 18 heavy (non-hydrogen) atoms. The Morgan fingerprint density at radius 2 is 1.78 bits per heavy atom. The van der Waals surface area contributed by atoms with Crippen molar-refractivity contribution in [3.05, 3.63) is 47.4 Å². The molecule has 1 heterocycles. The molecule has 2 aromatic rings. The first-order valence-corrected chi connectivity index (χ1v) is 6.22. The van der Waals surface area contributed by atoms with Crippen molar-refractivity contribution in [2.45, 2.75) is 33.2 Å². The van der Waals surface area contributed by atoms with Gasteiger partial charge in [0, 0.05) is 23.7 Å². The van der Waals surface area contributed by atoms with Gasteiger partial charge < -0.3 is 5.73 Å². The van der Waals surface area contributed by atoms with E-state index in [1.54, 1.807) is 0 Å². The summed E-state index contributed by atoms with van der Waals surface area (Å²) in [6.45, 7) is 6.04. The van der Waals surface area contributed by atoms with Gasteiger partial charge in [0.15, 0.2) is 0 Å². The van der Waals surface area contributed by atoms with Crippen molar-refractivity contribution in [3.8, 4) is 11.3 Å². The maximum atomic E-state index is 5.80. The third kappa shape index (κ3) is 3.14. The van der Waals surface area contributed by atoms with Crippen molar-refractivity contribution < 1.29 is 0 Å². The van der Waals surface area contributed by atoms with Crippen molar-refractivity contribution in [1.82, 2.24) is 9.97 Å². The van der Waals surface area contributed by atoms with Gasteiger partial charge in [-0.3, -0.25) is 0 Å². The van der Waals surface area contributed by atoms with Crippen molar-refractivity contribution in [1.29, 1.82) is 0 Å².